The first kappa shape index (κ1) is 15.1. The molecule has 2 heteroatoms. The molecule has 2 unspecified atom stereocenters. The monoisotopic (exact) mass is 343 g/mol. The normalized spacial score (nSPS) is 20.1. The lowest BCUT2D eigenvalue weighted by molar-refractivity contribution is 0.531. The predicted octanol–water partition coefficient (Wildman–Crippen LogP) is 7.12. The Kier molecular flexibility index (Phi) is 3.42. The fraction of sp³-hybridized carbons (Fsp3) is 0.261. The van der Waals surface area contributed by atoms with E-state index in [1.54, 1.807) is 11.1 Å². The van der Waals surface area contributed by atoms with E-state index in [1.165, 1.54) is 38.6 Å². The molecule has 2 heterocycles. The highest BCUT2D eigenvalue weighted by molar-refractivity contribution is 7.26. The lowest BCUT2D eigenvalue weighted by Gasteiger charge is -2.28. The third-order valence-electron chi connectivity index (χ3n) is 5.73. The van der Waals surface area contributed by atoms with Gasteiger partial charge in [0.2, 0.25) is 0 Å². The summed E-state index contributed by atoms with van der Waals surface area (Å²) in [6, 6.07) is 17.5. The molecule has 124 valence electrons. The lowest BCUT2D eigenvalue weighted by atomic mass is 9.76. The summed E-state index contributed by atoms with van der Waals surface area (Å²) in [7, 11) is 0. The van der Waals surface area contributed by atoms with Gasteiger partial charge in [0.1, 0.15) is 0 Å². The number of benzene rings is 2. The van der Waals surface area contributed by atoms with Crippen LogP contribution in [0.3, 0.4) is 0 Å². The highest BCUT2D eigenvalue weighted by Gasteiger charge is 2.26. The summed E-state index contributed by atoms with van der Waals surface area (Å²) >= 11 is 1.90. The molecule has 2 atom stereocenters. The van der Waals surface area contributed by atoms with Crippen LogP contribution in [0.5, 0.6) is 0 Å². The van der Waals surface area contributed by atoms with Crippen molar-refractivity contribution < 1.29 is 0 Å². The summed E-state index contributed by atoms with van der Waals surface area (Å²) in [6.45, 7) is 4.77. The number of hydrogen-bond donors (Lipinski definition) is 0. The van der Waals surface area contributed by atoms with E-state index in [4.69, 9.17) is 4.98 Å². The predicted molar refractivity (Wildman–Crippen MR) is 109 cm³/mol. The first-order chi connectivity index (χ1) is 12.2. The molecule has 0 radical (unpaired) electrons. The highest BCUT2D eigenvalue weighted by Crippen LogP contribution is 2.47. The Morgan fingerprint density at radius 3 is 2.56 bits per heavy atom. The molecule has 0 N–H and O–H groups in total. The van der Waals surface area contributed by atoms with Crippen LogP contribution in [0.2, 0.25) is 0 Å². The maximum absolute atomic E-state index is 4.73. The van der Waals surface area contributed by atoms with Crippen molar-refractivity contribution in [2.75, 3.05) is 0 Å². The van der Waals surface area contributed by atoms with Crippen LogP contribution in [0.1, 0.15) is 49.7 Å². The van der Waals surface area contributed by atoms with Crippen molar-refractivity contribution in [3.63, 3.8) is 0 Å². The van der Waals surface area contributed by atoms with E-state index in [0.717, 1.165) is 5.69 Å². The van der Waals surface area contributed by atoms with Crippen molar-refractivity contribution in [3.8, 4) is 11.3 Å². The Balaban J connectivity index is 1.88. The average molecular weight is 343 g/mol. The third kappa shape index (κ3) is 2.24. The largest absolute Gasteiger partial charge is 0.255 e. The molecule has 5 rings (SSSR count). The molecule has 0 saturated carbocycles. The second kappa shape index (κ2) is 5.67. The number of nitrogens with zero attached hydrogens (tertiary/aromatic N) is 1. The number of hydrogen-bond acceptors (Lipinski definition) is 2. The second-order valence-electron chi connectivity index (χ2n) is 7.33. The molecule has 1 aliphatic carbocycles. The van der Waals surface area contributed by atoms with Crippen molar-refractivity contribution >= 4 is 31.5 Å². The first-order valence-electron chi connectivity index (χ1n) is 9.13. The Labute approximate surface area is 152 Å². The van der Waals surface area contributed by atoms with Crippen molar-refractivity contribution in [1.82, 2.24) is 4.98 Å². The van der Waals surface area contributed by atoms with Gasteiger partial charge in [0, 0.05) is 27.2 Å². The molecule has 0 fully saturated rings. The van der Waals surface area contributed by atoms with Crippen molar-refractivity contribution in [2.24, 2.45) is 0 Å². The van der Waals surface area contributed by atoms with Gasteiger partial charge in [-0.05, 0) is 47.9 Å². The summed E-state index contributed by atoms with van der Waals surface area (Å²) in [5.41, 5.74) is 5.47. The molecule has 4 aromatic rings. The molecule has 0 amide bonds. The number of pyridine rings is 1. The van der Waals surface area contributed by atoms with Gasteiger partial charge < -0.3 is 0 Å². The minimum absolute atomic E-state index is 0.640. The fourth-order valence-electron chi connectivity index (χ4n) is 4.40. The summed E-state index contributed by atoms with van der Waals surface area (Å²) < 4.78 is 2.72. The van der Waals surface area contributed by atoms with Gasteiger partial charge in [-0.25, -0.2) is 0 Å². The molecule has 25 heavy (non-hydrogen) atoms. The molecule has 2 aromatic carbocycles. The molecule has 0 saturated heterocycles. The van der Waals surface area contributed by atoms with Gasteiger partial charge >= 0.3 is 0 Å². The topological polar surface area (TPSA) is 12.9 Å². The van der Waals surface area contributed by atoms with Crippen LogP contribution in [-0.4, -0.2) is 4.98 Å². The van der Waals surface area contributed by atoms with Crippen LogP contribution < -0.4 is 0 Å². The van der Waals surface area contributed by atoms with Crippen molar-refractivity contribution in [1.29, 1.82) is 0 Å². The third-order valence-corrected chi connectivity index (χ3v) is 6.91. The van der Waals surface area contributed by atoms with Crippen molar-refractivity contribution in [3.05, 3.63) is 65.9 Å². The van der Waals surface area contributed by atoms with E-state index in [-0.39, 0.29) is 0 Å². The standard InChI is InChI=1S/C23H21NS/c1-14-8-9-15(2)20-17(14)10-11-19-21(20)18-12-13-24-22(23(18)25-19)16-6-4-3-5-7-16/h3-7,10-15H,8-9H2,1-2H3. The molecule has 0 spiro atoms. The number of aromatic nitrogens is 1. The van der Waals surface area contributed by atoms with Crippen LogP contribution >= 0.6 is 11.3 Å². The molecule has 2 aromatic heterocycles. The zero-order valence-electron chi connectivity index (χ0n) is 14.6. The Hall–Kier alpha value is -2.19. The van der Waals surface area contributed by atoms with Crippen LogP contribution in [0, 0.1) is 0 Å². The van der Waals surface area contributed by atoms with E-state index >= 15 is 0 Å². The van der Waals surface area contributed by atoms with E-state index in [0.29, 0.717) is 11.8 Å². The van der Waals surface area contributed by atoms with Crippen LogP contribution in [0.15, 0.2) is 54.7 Å². The first-order valence-corrected chi connectivity index (χ1v) is 9.95. The van der Waals surface area contributed by atoms with Gasteiger partial charge in [-0.15, -0.1) is 11.3 Å². The number of fused-ring (bicyclic) bond motifs is 5. The quantitative estimate of drug-likeness (QED) is 0.358. The van der Waals surface area contributed by atoms with E-state index in [2.05, 4.69) is 62.4 Å². The molecule has 1 aliphatic rings. The summed E-state index contributed by atoms with van der Waals surface area (Å²) in [6.07, 6.45) is 4.58. The summed E-state index contributed by atoms with van der Waals surface area (Å²) in [4.78, 5) is 4.73. The average Bonchev–Trinajstić information content (AvgIpc) is 3.04. The smallest absolute Gasteiger partial charge is 0.0880 e. The molecule has 0 bridgehead atoms. The molecule has 0 aliphatic heterocycles. The van der Waals surface area contributed by atoms with E-state index in [9.17, 15) is 0 Å². The van der Waals surface area contributed by atoms with Crippen molar-refractivity contribution in [2.45, 2.75) is 38.5 Å². The zero-order valence-corrected chi connectivity index (χ0v) is 15.4. The Morgan fingerprint density at radius 2 is 1.72 bits per heavy atom. The summed E-state index contributed by atoms with van der Waals surface area (Å²) in [5, 5.41) is 2.86. The minimum Gasteiger partial charge on any atom is -0.255 e. The molecule has 1 nitrogen and oxygen atoms in total. The van der Waals surface area contributed by atoms with Gasteiger partial charge in [-0.1, -0.05) is 50.2 Å². The van der Waals surface area contributed by atoms with Gasteiger partial charge in [-0.3, -0.25) is 4.98 Å². The van der Waals surface area contributed by atoms with Gasteiger partial charge in [-0.2, -0.15) is 0 Å². The Morgan fingerprint density at radius 1 is 0.920 bits per heavy atom. The van der Waals surface area contributed by atoms with Crippen LogP contribution in [0.25, 0.3) is 31.4 Å². The highest BCUT2D eigenvalue weighted by atomic mass is 32.1. The fourth-order valence-corrected chi connectivity index (χ4v) is 5.62. The van der Waals surface area contributed by atoms with Gasteiger partial charge in [0.05, 0.1) is 10.4 Å². The van der Waals surface area contributed by atoms with Crippen LogP contribution in [0.4, 0.5) is 0 Å². The van der Waals surface area contributed by atoms with Crippen LogP contribution in [-0.2, 0) is 0 Å². The van der Waals surface area contributed by atoms with E-state index in [1.807, 2.05) is 17.5 Å². The zero-order chi connectivity index (χ0) is 17.0. The Bertz CT molecular complexity index is 1080. The maximum atomic E-state index is 4.73. The van der Waals surface area contributed by atoms with Gasteiger partial charge in [0.25, 0.3) is 0 Å². The minimum atomic E-state index is 0.640. The molecular formula is C23H21NS. The SMILES string of the molecule is CC1CCC(C)c2c1ccc1sc3c(-c4ccccc4)nccc3c21. The number of thiophene rings is 1. The maximum Gasteiger partial charge on any atom is 0.0880 e. The number of rotatable bonds is 1. The summed E-state index contributed by atoms with van der Waals surface area (Å²) in [5.74, 6) is 1.31. The van der Waals surface area contributed by atoms with E-state index < -0.39 is 0 Å². The second-order valence-corrected chi connectivity index (χ2v) is 8.38. The molecular weight excluding hydrogens is 322 g/mol. The van der Waals surface area contributed by atoms with Gasteiger partial charge in [0.15, 0.2) is 0 Å². The lowest BCUT2D eigenvalue weighted by Crippen LogP contribution is -2.10.